The van der Waals surface area contributed by atoms with Crippen LogP contribution in [0, 0.1) is 18.3 Å². The van der Waals surface area contributed by atoms with Gasteiger partial charge in [0.05, 0.1) is 18.7 Å². The van der Waals surface area contributed by atoms with Crippen LogP contribution in [0.3, 0.4) is 0 Å². The van der Waals surface area contributed by atoms with Crippen molar-refractivity contribution in [3.05, 3.63) is 34.9 Å². The highest BCUT2D eigenvalue weighted by molar-refractivity contribution is 5.86. The summed E-state index contributed by atoms with van der Waals surface area (Å²) in [4.78, 5) is 10.4. The van der Waals surface area contributed by atoms with Gasteiger partial charge in [-0.3, -0.25) is 0 Å². The molecule has 0 unspecified atom stereocenters. The van der Waals surface area contributed by atoms with Crippen LogP contribution in [0.2, 0.25) is 0 Å². The zero-order valence-electron chi connectivity index (χ0n) is 9.02. The minimum atomic E-state index is -1.06. The van der Waals surface area contributed by atoms with Crippen molar-refractivity contribution < 1.29 is 14.6 Å². The van der Waals surface area contributed by atoms with Gasteiger partial charge in [-0.25, -0.2) is 4.79 Å². The molecule has 0 aliphatic carbocycles. The predicted molar refractivity (Wildman–Crippen MR) is 59.1 cm³/mol. The number of nitrogens with zero attached hydrogens (tertiary/aromatic N) is 1. The SMILES string of the molecule is COc1c(C)ccc(C#N)c1/C=C/C(=O)O. The Kier molecular flexibility index (Phi) is 3.67. The van der Waals surface area contributed by atoms with Crippen LogP contribution in [-0.2, 0) is 4.79 Å². The van der Waals surface area contributed by atoms with Crippen LogP contribution in [0.1, 0.15) is 16.7 Å². The topological polar surface area (TPSA) is 70.3 Å². The van der Waals surface area contributed by atoms with E-state index < -0.39 is 5.97 Å². The van der Waals surface area contributed by atoms with Crippen molar-refractivity contribution in [1.29, 1.82) is 5.26 Å². The van der Waals surface area contributed by atoms with Crippen LogP contribution in [0.4, 0.5) is 0 Å². The third-order valence-electron chi connectivity index (χ3n) is 2.11. The Morgan fingerprint density at radius 2 is 2.25 bits per heavy atom. The van der Waals surface area contributed by atoms with E-state index in [1.807, 2.05) is 13.0 Å². The molecule has 0 amide bonds. The number of aryl methyl sites for hydroxylation is 1. The molecule has 0 fully saturated rings. The number of ether oxygens (including phenoxy) is 1. The van der Waals surface area contributed by atoms with E-state index in [1.165, 1.54) is 13.2 Å². The largest absolute Gasteiger partial charge is 0.496 e. The Balaban J connectivity index is 3.38. The first-order chi connectivity index (χ1) is 7.60. The number of carbonyl (C=O) groups is 1. The number of carboxylic acid groups (broad SMARTS) is 1. The Labute approximate surface area is 93.4 Å². The number of benzene rings is 1. The van der Waals surface area contributed by atoms with Crippen molar-refractivity contribution in [1.82, 2.24) is 0 Å². The summed E-state index contributed by atoms with van der Waals surface area (Å²) in [7, 11) is 1.49. The first-order valence-corrected chi connectivity index (χ1v) is 4.59. The van der Waals surface area contributed by atoms with Crippen molar-refractivity contribution in [3.8, 4) is 11.8 Å². The molecule has 0 saturated heterocycles. The van der Waals surface area contributed by atoms with Crippen molar-refractivity contribution in [2.45, 2.75) is 6.92 Å². The van der Waals surface area contributed by atoms with Gasteiger partial charge in [-0.15, -0.1) is 0 Å². The van der Waals surface area contributed by atoms with E-state index in [9.17, 15) is 4.79 Å². The highest BCUT2D eigenvalue weighted by Crippen LogP contribution is 2.27. The average Bonchev–Trinajstić information content (AvgIpc) is 2.26. The summed E-state index contributed by atoms with van der Waals surface area (Å²) in [5.41, 5.74) is 1.74. The Bertz CT molecular complexity index is 484. The summed E-state index contributed by atoms with van der Waals surface area (Å²) in [6.07, 6.45) is 2.35. The maximum atomic E-state index is 10.4. The van der Waals surface area contributed by atoms with E-state index in [0.29, 0.717) is 16.9 Å². The summed E-state index contributed by atoms with van der Waals surface area (Å²) >= 11 is 0. The Morgan fingerprint density at radius 1 is 1.56 bits per heavy atom. The van der Waals surface area contributed by atoms with E-state index in [2.05, 4.69) is 0 Å². The second-order valence-corrected chi connectivity index (χ2v) is 3.16. The lowest BCUT2D eigenvalue weighted by molar-refractivity contribution is -0.131. The van der Waals surface area contributed by atoms with E-state index >= 15 is 0 Å². The van der Waals surface area contributed by atoms with Crippen LogP contribution in [-0.4, -0.2) is 18.2 Å². The van der Waals surface area contributed by atoms with Crippen LogP contribution >= 0.6 is 0 Å². The van der Waals surface area contributed by atoms with Crippen LogP contribution in [0.25, 0.3) is 6.08 Å². The van der Waals surface area contributed by atoms with Crippen molar-refractivity contribution in [3.63, 3.8) is 0 Å². The molecule has 0 aliphatic rings. The first kappa shape index (κ1) is 11.8. The molecule has 0 bridgehead atoms. The highest BCUT2D eigenvalue weighted by Gasteiger charge is 2.09. The Morgan fingerprint density at radius 3 is 2.75 bits per heavy atom. The highest BCUT2D eigenvalue weighted by atomic mass is 16.5. The summed E-state index contributed by atoms with van der Waals surface area (Å²) in [5.74, 6) is -0.538. The third-order valence-corrected chi connectivity index (χ3v) is 2.11. The molecule has 1 rings (SSSR count). The second kappa shape index (κ2) is 4.99. The lowest BCUT2D eigenvalue weighted by Gasteiger charge is -2.09. The minimum absolute atomic E-state index is 0.389. The number of rotatable bonds is 3. The molecule has 0 saturated carbocycles. The van der Waals surface area contributed by atoms with Crippen molar-refractivity contribution in [2.75, 3.05) is 7.11 Å². The quantitative estimate of drug-likeness (QED) is 0.786. The van der Waals surface area contributed by atoms with E-state index in [-0.39, 0.29) is 0 Å². The van der Waals surface area contributed by atoms with E-state index in [0.717, 1.165) is 11.6 Å². The number of carboxylic acids is 1. The molecule has 0 atom stereocenters. The minimum Gasteiger partial charge on any atom is -0.496 e. The zero-order valence-corrected chi connectivity index (χ0v) is 9.02. The molecule has 1 N–H and O–H groups in total. The lowest BCUT2D eigenvalue weighted by atomic mass is 10.0. The van der Waals surface area contributed by atoms with Gasteiger partial charge in [0.1, 0.15) is 5.75 Å². The van der Waals surface area contributed by atoms with Gasteiger partial charge in [0.15, 0.2) is 0 Å². The predicted octanol–water partition coefficient (Wildman–Crippen LogP) is 1.97. The van der Waals surface area contributed by atoms with Crippen LogP contribution < -0.4 is 4.74 Å². The number of aliphatic carboxylic acids is 1. The van der Waals surface area contributed by atoms with Gasteiger partial charge in [-0.05, 0) is 24.6 Å². The molecular formula is C12H11NO3. The monoisotopic (exact) mass is 217 g/mol. The fourth-order valence-corrected chi connectivity index (χ4v) is 1.40. The van der Waals surface area contributed by atoms with Gasteiger partial charge in [-0.1, -0.05) is 6.07 Å². The maximum Gasteiger partial charge on any atom is 0.328 e. The van der Waals surface area contributed by atoms with E-state index in [4.69, 9.17) is 15.1 Å². The maximum absolute atomic E-state index is 10.4. The summed E-state index contributed by atoms with van der Waals surface area (Å²) in [6.45, 7) is 1.83. The molecule has 82 valence electrons. The molecule has 0 heterocycles. The van der Waals surface area contributed by atoms with Gasteiger partial charge in [0.2, 0.25) is 0 Å². The average molecular weight is 217 g/mol. The zero-order chi connectivity index (χ0) is 12.1. The van der Waals surface area contributed by atoms with Gasteiger partial charge >= 0.3 is 5.97 Å². The standard InChI is InChI=1S/C12H11NO3/c1-8-3-4-9(7-13)10(12(8)16-2)5-6-11(14)15/h3-6H,1-2H3,(H,14,15)/b6-5+. The van der Waals surface area contributed by atoms with Gasteiger partial charge in [0.25, 0.3) is 0 Å². The fourth-order valence-electron chi connectivity index (χ4n) is 1.40. The number of methoxy groups -OCH3 is 1. The number of hydrogen-bond donors (Lipinski definition) is 1. The molecule has 4 heteroatoms. The third kappa shape index (κ3) is 2.39. The van der Waals surface area contributed by atoms with Crippen LogP contribution in [0.15, 0.2) is 18.2 Å². The smallest absolute Gasteiger partial charge is 0.328 e. The second-order valence-electron chi connectivity index (χ2n) is 3.16. The molecule has 0 radical (unpaired) electrons. The van der Waals surface area contributed by atoms with Crippen molar-refractivity contribution in [2.24, 2.45) is 0 Å². The number of hydrogen-bond acceptors (Lipinski definition) is 3. The van der Waals surface area contributed by atoms with E-state index in [1.54, 1.807) is 12.1 Å². The molecule has 1 aromatic rings. The number of nitriles is 1. The normalized spacial score (nSPS) is 10.1. The summed E-state index contributed by atoms with van der Waals surface area (Å²) in [6, 6.07) is 5.39. The summed E-state index contributed by atoms with van der Waals surface area (Å²) in [5, 5.41) is 17.5. The molecular weight excluding hydrogens is 206 g/mol. The lowest BCUT2D eigenvalue weighted by Crippen LogP contribution is -1.95. The molecule has 0 spiro atoms. The first-order valence-electron chi connectivity index (χ1n) is 4.59. The molecule has 16 heavy (non-hydrogen) atoms. The molecule has 4 nitrogen and oxygen atoms in total. The van der Waals surface area contributed by atoms with Gasteiger partial charge in [0, 0.05) is 11.6 Å². The fraction of sp³-hybridized carbons (Fsp3) is 0.167. The Hall–Kier alpha value is -2.28. The summed E-state index contributed by atoms with van der Waals surface area (Å²) < 4.78 is 5.16. The molecule has 1 aromatic carbocycles. The van der Waals surface area contributed by atoms with Gasteiger partial charge < -0.3 is 9.84 Å². The molecule has 0 aliphatic heterocycles. The van der Waals surface area contributed by atoms with Crippen LogP contribution in [0.5, 0.6) is 5.75 Å². The molecule has 0 aromatic heterocycles. The van der Waals surface area contributed by atoms with Crippen molar-refractivity contribution >= 4 is 12.0 Å². The van der Waals surface area contributed by atoms with Gasteiger partial charge in [-0.2, -0.15) is 5.26 Å².